The van der Waals surface area contributed by atoms with Crippen molar-refractivity contribution in [3.63, 3.8) is 0 Å². The maximum absolute atomic E-state index is 14.0. The van der Waals surface area contributed by atoms with Gasteiger partial charge in [-0.25, -0.2) is 4.79 Å². The summed E-state index contributed by atoms with van der Waals surface area (Å²) >= 11 is 1.45. The Kier molecular flexibility index (Phi) is 14.3. The molecule has 15 heteroatoms. The minimum absolute atomic E-state index is 0.0431. The fraction of sp³-hybridized carbons (Fsp3) is 0.621. The maximum atomic E-state index is 14.0. The van der Waals surface area contributed by atoms with Crippen LogP contribution in [0.25, 0.3) is 0 Å². The minimum Gasteiger partial charge on any atom is -0.475 e. The van der Waals surface area contributed by atoms with Crippen molar-refractivity contribution in [1.82, 2.24) is 16.0 Å². The fourth-order valence-electron chi connectivity index (χ4n) is 5.19. The molecule has 2 aliphatic rings. The molecule has 7 atom stereocenters. The lowest BCUT2D eigenvalue weighted by molar-refractivity contribution is -0.192. The van der Waals surface area contributed by atoms with Crippen molar-refractivity contribution < 1.29 is 47.0 Å². The Morgan fingerprint density at radius 3 is 2.32 bits per heavy atom. The van der Waals surface area contributed by atoms with Gasteiger partial charge in [-0.15, -0.1) is 0 Å². The Morgan fingerprint density at radius 1 is 1.16 bits per heavy atom. The van der Waals surface area contributed by atoms with Crippen molar-refractivity contribution in [2.24, 2.45) is 17.6 Å². The third-order valence-electron chi connectivity index (χ3n) is 7.90. The van der Waals surface area contributed by atoms with Gasteiger partial charge in [0, 0.05) is 24.8 Å². The van der Waals surface area contributed by atoms with Crippen LogP contribution in [0.5, 0.6) is 0 Å². The molecule has 6 N–H and O–H groups in total. The first-order valence-electron chi connectivity index (χ1n) is 14.2. The Labute approximate surface area is 258 Å². The molecule has 0 aliphatic carbocycles. The van der Waals surface area contributed by atoms with E-state index >= 15 is 0 Å². The van der Waals surface area contributed by atoms with Crippen molar-refractivity contribution in [3.8, 4) is 0 Å². The first-order chi connectivity index (χ1) is 20.7. The number of nitrogens with one attached hydrogen (secondary N) is 3. The molecule has 44 heavy (non-hydrogen) atoms. The van der Waals surface area contributed by atoms with Gasteiger partial charge in [-0.1, -0.05) is 44.5 Å². The zero-order valence-corrected chi connectivity index (χ0v) is 25.9. The van der Waals surface area contributed by atoms with Crippen LogP contribution in [-0.2, 0) is 35.1 Å². The van der Waals surface area contributed by atoms with E-state index in [4.69, 9.17) is 20.4 Å². The molecule has 11 nitrogen and oxygen atoms in total. The molecule has 2 unspecified atom stereocenters. The van der Waals surface area contributed by atoms with Gasteiger partial charge in [-0.3, -0.25) is 24.5 Å². The average molecular weight is 647 g/mol. The van der Waals surface area contributed by atoms with E-state index in [1.807, 2.05) is 44.4 Å². The molecule has 0 spiro atoms. The Balaban J connectivity index is 0.000000860. The van der Waals surface area contributed by atoms with Crippen LogP contribution in [0.2, 0.25) is 0 Å². The van der Waals surface area contributed by atoms with Crippen LogP contribution in [0.15, 0.2) is 24.3 Å². The molecule has 1 amide bonds. The highest BCUT2D eigenvalue weighted by Crippen LogP contribution is 2.29. The van der Waals surface area contributed by atoms with Gasteiger partial charge >= 0.3 is 18.1 Å². The van der Waals surface area contributed by atoms with E-state index in [-0.39, 0.29) is 29.8 Å². The molecule has 3 rings (SSSR count). The summed E-state index contributed by atoms with van der Waals surface area (Å²) in [6, 6.07) is 3.93. The van der Waals surface area contributed by atoms with Crippen LogP contribution in [0.1, 0.15) is 50.3 Å². The number of benzene rings is 1. The second-order valence-corrected chi connectivity index (χ2v) is 11.7. The number of nitrogens with two attached hydrogens (primary N) is 1. The number of hydrogen-bond acceptors (Lipinski definition) is 10. The summed E-state index contributed by atoms with van der Waals surface area (Å²) in [5, 5.41) is 16.3. The molecule has 1 aromatic rings. The van der Waals surface area contributed by atoms with Crippen LogP contribution in [0.4, 0.5) is 13.2 Å². The van der Waals surface area contributed by atoms with Gasteiger partial charge in [0.25, 0.3) is 0 Å². The van der Waals surface area contributed by atoms with Gasteiger partial charge in [0.15, 0.2) is 11.6 Å². The molecule has 246 valence electrons. The Morgan fingerprint density at radius 2 is 1.80 bits per heavy atom. The second-order valence-electron chi connectivity index (χ2n) is 10.8. The summed E-state index contributed by atoms with van der Waals surface area (Å²) in [5.41, 5.74) is 8.58. The number of Topliss-reactive ketones (excluding diaryl/α,β-unsaturated/α-hetero) is 2. The number of carbonyl (C=O) groups is 5. The summed E-state index contributed by atoms with van der Waals surface area (Å²) in [6.07, 6.45) is -1.02. The number of esters is 1. The average Bonchev–Trinajstić information content (AvgIpc) is 3.44. The zero-order chi connectivity index (χ0) is 33.2. The van der Waals surface area contributed by atoms with Gasteiger partial charge in [-0.05, 0) is 36.1 Å². The SMILES string of the molecule is CC[C@H](C)[C@H](N)C(N[C@H](C(=O)OC)[C@H](CSC)C(=O)C1NCCc2ccccc21)C(=O)[C@@H]1CCC(=O)N1.O=C(O)C(F)(F)F. The molecular formula is C29H41F3N4O7S. The van der Waals surface area contributed by atoms with E-state index in [9.17, 15) is 32.3 Å². The van der Waals surface area contributed by atoms with Crippen molar-refractivity contribution in [3.05, 3.63) is 35.4 Å². The minimum atomic E-state index is -5.08. The molecule has 2 aliphatic heterocycles. The lowest BCUT2D eigenvalue weighted by atomic mass is 9.83. The first-order valence-corrected chi connectivity index (χ1v) is 15.6. The van der Waals surface area contributed by atoms with Crippen LogP contribution >= 0.6 is 11.8 Å². The maximum Gasteiger partial charge on any atom is 0.490 e. The van der Waals surface area contributed by atoms with Crippen LogP contribution < -0.4 is 21.7 Å². The highest BCUT2D eigenvalue weighted by molar-refractivity contribution is 7.98. The smallest absolute Gasteiger partial charge is 0.475 e. The molecule has 1 fully saturated rings. The summed E-state index contributed by atoms with van der Waals surface area (Å²) in [5.74, 6) is -4.44. The zero-order valence-electron chi connectivity index (χ0n) is 25.1. The molecule has 0 aromatic heterocycles. The molecule has 0 saturated carbocycles. The second kappa shape index (κ2) is 16.9. The molecule has 0 bridgehead atoms. The predicted octanol–water partition coefficient (Wildman–Crippen LogP) is 1.78. The van der Waals surface area contributed by atoms with E-state index in [1.54, 1.807) is 0 Å². The summed E-state index contributed by atoms with van der Waals surface area (Å²) < 4.78 is 36.9. The number of carboxylic acid groups (broad SMARTS) is 1. The third kappa shape index (κ3) is 9.74. The van der Waals surface area contributed by atoms with Gasteiger partial charge in [0.2, 0.25) is 5.91 Å². The van der Waals surface area contributed by atoms with Gasteiger partial charge < -0.3 is 26.2 Å². The van der Waals surface area contributed by atoms with E-state index in [0.29, 0.717) is 18.7 Å². The number of thioether (sulfide) groups is 1. The lowest BCUT2D eigenvalue weighted by Gasteiger charge is -2.36. The number of alkyl halides is 3. The Hall–Kier alpha value is -3.01. The lowest BCUT2D eigenvalue weighted by Crippen LogP contribution is -2.63. The quantitative estimate of drug-likeness (QED) is 0.198. The van der Waals surface area contributed by atoms with Crippen molar-refractivity contribution >= 4 is 41.2 Å². The normalized spacial score (nSPS) is 21.3. The number of methoxy groups -OCH3 is 1. The number of ether oxygens (including phenoxy) is 1. The number of carboxylic acids is 1. The van der Waals surface area contributed by atoms with Crippen molar-refractivity contribution in [2.75, 3.05) is 25.7 Å². The van der Waals surface area contributed by atoms with E-state index < -0.39 is 54.2 Å². The number of halogens is 3. The number of rotatable bonds is 13. The Bertz CT molecular complexity index is 1190. The number of amides is 1. The highest BCUT2D eigenvalue weighted by atomic mass is 32.2. The fourth-order valence-corrected chi connectivity index (χ4v) is 5.91. The molecule has 1 saturated heterocycles. The number of ketones is 2. The molecular weight excluding hydrogens is 605 g/mol. The molecule has 0 radical (unpaired) electrons. The number of aliphatic carboxylic acids is 1. The van der Waals surface area contributed by atoms with Crippen molar-refractivity contribution in [1.29, 1.82) is 0 Å². The van der Waals surface area contributed by atoms with E-state index in [1.165, 1.54) is 18.9 Å². The van der Waals surface area contributed by atoms with Gasteiger partial charge in [0.05, 0.1) is 31.2 Å². The number of fused-ring (bicyclic) bond motifs is 1. The van der Waals surface area contributed by atoms with Crippen molar-refractivity contribution in [2.45, 2.75) is 75.9 Å². The third-order valence-corrected chi connectivity index (χ3v) is 8.59. The largest absolute Gasteiger partial charge is 0.490 e. The number of carbonyl (C=O) groups excluding carboxylic acids is 4. The first kappa shape index (κ1) is 37.2. The van der Waals surface area contributed by atoms with Gasteiger partial charge in [0.1, 0.15) is 6.04 Å². The summed E-state index contributed by atoms with van der Waals surface area (Å²) in [4.78, 5) is 61.5. The number of hydrogen-bond donors (Lipinski definition) is 5. The highest BCUT2D eigenvalue weighted by Gasteiger charge is 2.44. The van der Waals surface area contributed by atoms with Crippen LogP contribution in [0, 0.1) is 11.8 Å². The summed E-state index contributed by atoms with van der Waals surface area (Å²) in [6.45, 7) is 4.57. The van der Waals surface area contributed by atoms with Crippen LogP contribution in [-0.4, -0.2) is 90.5 Å². The topological polar surface area (TPSA) is 177 Å². The standard InChI is InChI=1S/C27H40N4O5S.C2HF3O2/c1-5-15(2)21(28)24(26(34)19-10-11-20(32)30-19)31-23(27(35)36-3)18(14-37-4)25(33)22-17-9-7-6-8-16(17)12-13-29-22;3-2(4,5)1(6)7/h6-9,15,18-19,21-24,29,31H,5,10-14,28H2,1-4H3,(H,30,32);(H,6,7)/t15-,18-,19-,21-,22?,23-,24?;/m0./s1. The van der Waals surface area contributed by atoms with Crippen LogP contribution in [0.3, 0.4) is 0 Å². The van der Waals surface area contributed by atoms with E-state index in [2.05, 4.69) is 16.0 Å². The molecule has 1 aromatic carbocycles. The van der Waals surface area contributed by atoms with Gasteiger partial charge in [-0.2, -0.15) is 24.9 Å². The molecule has 2 heterocycles. The predicted molar refractivity (Wildman–Crippen MR) is 158 cm³/mol. The van der Waals surface area contributed by atoms with E-state index in [0.717, 1.165) is 24.0 Å². The monoisotopic (exact) mass is 646 g/mol. The summed E-state index contributed by atoms with van der Waals surface area (Å²) in [7, 11) is 1.27.